The van der Waals surface area contributed by atoms with E-state index in [1.807, 2.05) is 75.4 Å². The minimum absolute atomic E-state index is 0.191. The first kappa shape index (κ1) is 25.1. The predicted octanol–water partition coefficient (Wildman–Crippen LogP) is 7.98. The molecule has 0 fully saturated rings. The lowest BCUT2D eigenvalue weighted by atomic mass is 9.96. The Bertz CT molecular complexity index is 1390. The molecule has 0 spiro atoms. The highest BCUT2D eigenvalue weighted by atomic mass is 16.5. The topological polar surface area (TPSA) is 60.7 Å². The van der Waals surface area contributed by atoms with Crippen LogP contribution in [0.3, 0.4) is 0 Å². The van der Waals surface area contributed by atoms with Crippen molar-refractivity contribution in [3.05, 3.63) is 83.6 Å². The largest absolute Gasteiger partial charge is 0.496 e. The van der Waals surface area contributed by atoms with Crippen LogP contribution in [-0.2, 0) is 4.79 Å². The number of fused-ring (bicyclic) bond motifs is 1. The van der Waals surface area contributed by atoms with E-state index < -0.39 is 0 Å². The third-order valence-electron chi connectivity index (χ3n) is 6.34. The molecular weight excluding hydrogens is 450 g/mol. The van der Waals surface area contributed by atoms with Crippen molar-refractivity contribution < 1.29 is 18.7 Å². The monoisotopic (exact) mass is 483 g/mol. The Morgan fingerprint density at radius 1 is 1.08 bits per heavy atom. The summed E-state index contributed by atoms with van der Waals surface area (Å²) in [6.45, 7) is 10.8. The lowest BCUT2D eigenvalue weighted by Crippen LogP contribution is -2.09. The molecule has 36 heavy (non-hydrogen) atoms. The quantitative estimate of drug-likeness (QED) is 0.258. The molecule has 1 amide bonds. The molecule has 1 heterocycles. The molecule has 0 saturated carbocycles. The van der Waals surface area contributed by atoms with Gasteiger partial charge in [0.1, 0.15) is 17.1 Å². The van der Waals surface area contributed by atoms with Crippen molar-refractivity contribution in [2.45, 2.75) is 40.5 Å². The van der Waals surface area contributed by atoms with Crippen molar-refractivity contribution in [1.82, 2.24) is 0 Å². The van der Waals surface area contributed by atoms with Crippen LogP contribution in [0, 0.1) is 6.92 Å². The minimum Gasteiger partial charge on any atom is -0.496 e. The molecule has 0 unspecified atom stereocenters. The summed E-state index contributed by atoms with van der Waals surface area (Å²) >= 11 is 0. The number of rotatable bonds is 8. The second kappa shape index (κ2) is 10.7. The van der Waals surface area contributed by atoms with Crippen molar-refractivity contribution in [3.8, 4) is 22.6 Å². The molecule has 0 atom stereocenters. The second-order valence-corrected chi connectivity index (χ2v) is 9.16. The van der Waals surface area contributed by atoms with E-state index in [9.17, 15) is 4.79 Å². The van der Waals surface area contributed by atoms with Crippen LogP contribution < -0.4 is 14.8 Å². The lowest BCUT2D eigenvalue weighted by Gasteiger charge is -2.13. The van der Waals surface area contributed by atoms with E-state index in [1.54, 1.807) is 19.4 Å². The molecule has 5 heteroatoms. The summed E-state index contributed by atoms with van der Waals surface area (Å²) in [6.07, 6.45) is 3.37. The summed E-state index contributed by atoms with van der Waals surface area (Å²) in [7, 11) is 1.64. The van der Waals surface area contributed by atoms with Gasteiger partial charge in [-0.3, -0.25) is 4.79 Å². The second-order valence-electron chi connectivity index (χ2n) is 9.16. The maximum Gasteiger partial charge on any atom is 0.248 e. The molecular formula is C31H33NO4. The molecule has 0 saturated heterocycles. The van der Waals surface area contributed by atoms with Gasteiger partial charge in [0, 0.05) is 33.8 Å². The van der Waals surface area contributed by atoms with Crippen molar-refractivity contribution in [2.24, 2.45) is 0 Å². The summed E-state index contributed by atoms with van der Waals surface area (Å²) in [5.41, 5.74) is 7.30. The Hall–Kier alpha value is -3.99. The van der Waals surface area contributed by atoms with Crippen LogP contribution in [0.25, 0.3) is 27.7 Å². The first-order valence-electron chi connectivity index (χ1n) is 12.2. The molecule has 0 bridgehead atoms. The zero-order valence-corrected chi connectivity index (χ0v) is 21.8. The molecule has 5 nitrogen and oxygen atoms in total. The smallest absolute Gasteiger partial charge is 0.248 e. The third kappa shape index (κ3) is 5.15. The summed E-state index contributed by atoms with van der Waals surface area (Å²) in [4.78, 5) is 12.8. The summed E-state index contributed by atoms with van der Waals surface area (Å²) < 4.78 is 17.3. The van der Waals surface area contributed by atoms with E-state index in [4.69, 9.17) is 13.9 Å². The summed E-state index contributed by atoms with van der Waals surface area (Å²) in [5, 5.41) is 3.92. The molecule has 0 radical (unpaired) electrons. The van der Waals surface area contributed by atoms with Crippen LogP contribution in [0.5, 0.6) is 11.5 Å². The average Bonchev–Trinajstić information content (AvgIpc) is 3.29. The average molecular weight is 484 g/mol. The predicted molar refractivity (Wildman–Crippen MR) is 147 cm³/mol. The Morgan fingerprint density at radius 2 is 1.78 bits per heavy atom. The van der Waals surface area contributed by atoms with E-state index in [-0.39, 0.29) is 5.91 Å². The number of furan rings is 1. The molecule has 3 aromatic carbocycles. The fourth-order valence-electron chi connectivity index (χ4n) is 4.40. The molecule has 1 aromatic heterocycles. The van der Waals surface area contributed by atoms with Crippen LogP contribution in [0.1, 0.15) is 50.3 Å². The molecule has 0 aliphatic rings. The van der Waals surface area contributed by atoms with Gasteiger partial charge in [0.05, 0.1) is 20.0 Å². The van der Waals surface area contributed by atoms with Crippen molar-refractivity contribution in [2.75, 3.05) is 19.0 Å². The summed E-state index contributed by atoms with van der Waals surface area (Å²) in [6, 6.07) is 17.9. The summed E-state index contributed by atoms with van der Waals surface area (Å²) in [5.74, 6) is 1.77. The maximum atomic E-state index is 12.8. The number of allylic oxidation sites excluding steroid dienone is 1. The van der Waals surface area contributed by atoms with Gasteiger partial charge in [-0.15, -0.1) is 0 Å². The minimum atomic E-state index is -0.191. The van der Waals surface area contributed by atoms with E-state index in [0.717, 1.165) is 50.2 Å². The Labute approximate surface area is 212 Å². The van der Waals surface area contributed by atoms with Gasteiger partial charge in [0.2, 0.25) is 5.91 Å². The number of methoxy groups -OCH3 is 1. The third-order valence-corrected chi connectivity index (χ3v) is 6.34. The Morgan fingerprint density at radius 3 is 2.39 bits per heavy atom. The van der Waals surface area contributed by atoms with Gasteiger partial charge < -0.3 is 19.2 Å². The fourth-order valence-corrected chi connectivity index (χ4v) is 4.40. The van der Waals surface area contributed by atoms with Crippen molar-refractivity contribution >= 4 is 28.1 Å². The van der Waals surface area contributed by atoms with Crippen LogP contribution in [0.4, 0.5) is 5.69 Å². The number of amides is 1. The van der Waals surface area contributed by atoms with Gasteiger partial charge in [-0.1, -0.05) is 38.1 Å². The van der Waals surface area contributed by atoms with Gasteiger partial charge in [-0.2, -0.15) is 0 Å². The molecule has 4 aromatic rings. The van der Waals surface area contributed by atoms with E-state index in [0.29, 0.717) is 18.3 Å². The highest BCUT2D eigenvalue weighted by molar-refractivity contribution is 6.06. The van der Waals surface area contributed by atoms with Gasteiger partial charge >= 0.3 is 0 Å². The molecule has 1 N–H and O–H groups in total. The van der Waals surface area contributed by atoms with Crippen LogP contribution >= 0.6 is 0 Å². The molecule has 4 rings (SSSR count). The first-order valence-corrected chi connectivity index (χ1v) is 12.2. The molecule has 0 aliphatic heterocycles. The zero-order valence-electron chi connectivity index (χ0n) is 21.8. The zero-order chi connectivity index (χ0) is 25.8. The lowest BCUT2D eigenvalue weighted by molar-refractivity contribution is -0.111. The van der Waals surface area contributed by atoms with Crippen LogP contribution in [0.2, 0.25) is 0 Å². The Kier molecular flexibility index (Phi) is 7.49. The van der Waals surface area contributed by atoms with Crippen molar-refractivity contribution in [3.63, 3.8) is 0 Å². The van der Waals surface area contributed by atoms with Gasteiger partial charge in [-0.05, 0) is 73.7 Å². The number of hydrogen-bond acceptors (Lipinski definition) is 4. The fraction of sp³-hybridized carbons (Fsp3) is 0.258. The van der Waals surface area contributed by atoms with E-state index in [1.165, 1.54) is 5.56 Å². The van der Waals surface area contributed by atoms with Gasteiger partial charge in [-0.25, -0.2) is 0 Å². The molecule has 0 aliphatic carbocycles. The number of carbonyl (C=O) groups is 1. The SMILES string of the molecule is CCOc1ccc(-c2coc3c(C)c(OC)c(/C(C)=C/C(=O)Nc4ccc(C(C)C)cc4)cc23)cc1. The van der Waals surface area contributed by atoms with Gasteiger partial charge in [0.25, 0.3) is 0 Å². The highest BCUT2D eigenvalue weighted by Crippen LogP contribution is 2.40. The number of carbonyl (C=O) groups excluding carboxylic acids is 1. The van der Waals surface area contributed by atoms with Crippen LogP contribution in [-0.4, -0.2) is 19.6 Å². The Balaban J connectivity index is 1.68. The number of ether oxygens (including phenoxy) is 2. The number of nitrogens with one attached hydrogen (secondary N) is 1. The molecule has 186 valence electrons. The van der Waals surface area contributed by atoms with E-state index >= 15 is 0 Å². The van der Waals surface area contributed by atoms with Crippen molar-refractivity contribution in [1.29, 1.82) is 0 Å². The number of hydrogen-bond donors (Lipinski definition) is 1. The van der Waals surface area contributed by atoms with E-state index in [2.05, 4.69) is 19.2 Å². The maximum absolute atomic E-state index is 12.8. The first-order chi connectivity index (χ1) is 17.3. The normalized spacial score (nSPS) is 11.7. The number of benzene rings is 3. The highest BCUT2D eigenvalue weighted by Gasteiger charge is 2.19. The standard InChI is InChI=1S/C31H33NO4/c1-7-35-25-14-10-23(11-15-25)28-18-36-31-21(5)30(34-6)26(17-27(28)31)20(4)16-29(33)32-24-12-8-22(9-13-24)19(2)3/h8-19H,7H2,1-6H3,(H,32,33)/b20-16+. The van der Waals surface area contributed by atoms with Gasteiger partial charge in [0.15, 0.2) is 0 Å². The number of aryl methyl sites for hydroxylation is 1. The van der Waals surface area contributed by atoms with Crippen LogP contribution in [0.15, 0.2) is 71.4 Å². The number of anilines is 1.